The van der Waals surface area contributed by atoms with E-state index < -0.39 is 0 Å². The van der Waals surface area contributed by atoms with Gasteiger partial charge in [-0.3, -0.25) is 0 Å². The third-order valence-corrected chi connectivity index (χ3v) is 3.22. The van der Waals surface area contributed by atoms with Crippen molar-refractivity contribution in [3.05, 3.63) is 28.6 Å². The van der Waals surface area contributed by atoms with Crippen molar-refractivity contribution in [3.8, 4) is 11.4 Å². The first-order valence-electron chi connectivity index (χ1n) is 5.00. The lowest BCUT2D eigenvalue weighted by Gasteiger charge is -2.02. The van der Waals surface area contributed by atoms with Crippen LogP contribution in [0, 0.1) is 0 Å². The van der Waals surface area contributed by atoms with Crippen molar-refractivity contribution >= 4 is 17.2 Å². The lowest BCUT2D eigenvalue weighted by molar-refractivity contribution is 0.999. The van der Waals surface area contributed by atoms with Crippen LogP contribution in [0.3, 0.4) is 0 Å². The van der Waals surface area contributed by atoms with Crippen molar-refractivity contribution in [2.24, 2.45) is 0 Å². The van der Waals surface area contributed by atoms with Gasteiger partial charge in [-0.1, -0.05) is 0 Å². The summed E-state index contributed by atoms with van der Waals surface area (Å²) in [7, 11) is 0. The molecule has 0 saturated heterocycles. The average Bonchev–Trinajstić information content (AvgIpc) is 2.93. The highest BCUT2D eigenvalue weighted by Gasteiger charge is 2.26. The average molecular weight is 217 g/mol. The number of hydrogen-bond donors (Lipinski definition) is 1. The zero-order valence-corrected chi connectivity index (χ0v) is 9.00. The molecule has 1 aliphatic rings. The Hall–Kier alpha value is -1.42. The molecule has 2 aromatic rings. The molecule has 0 radical (unpaired) electrons. The van der Waals surface area contributed by atoms with E-state index in [1.165, 1.54) is 12.8 Å². The Morgan fingerprint density at radius 2 is 2.20 bits per heavy atom. The largest absolute Gasteiger partial charge is 0.384 e. The van der Waals surface area contributed by atoms with Crippen LogP contribution in [0.15, 0.2) is 22.9 Å². The van der Waals surface area contributed by atoms with Crippen molar-refractivity contribution in [1.82, 2.24) is 9.97 Å². The van der Waals surface area contributed by atoms with Gasteiger partial charge in [0.25, 0.3) is 0 Å². The smallest absolute Gasteiger partial charge is 0.162 e. The molecule has 0 bridgehead atoms. The molecule has 2 N–H and O–H groups in total. The summed E-state index contributed by atoms with van der Waals surface area (Å²) in [5.74, 6) is 1.96. The highest BCUT2D eigenvalue weighted by Crippen LogP contribution is 2.39. The summed E-state index contributed by atoms with van der Waals surface area (Å²) in [6.45, 7) is 0. The summed E-state index contributed by atoms with van der Waals surface area (Å²) in [5, 5.41) is 4.07. The number of rotatable bonds is 2. The highest BCUT2D eigenvalue weighted by molar-refractivity contribution is 7.08. The number of nitrogens with two attached hydrogens (primary N) is 1. The summed E-state index contributed by atoms with van der Waals surface area (Å²) >= 11 is 1.65. The van der Waals surface area contributed by atoms with Crippen LogP contribution in [0.2, 0.25) is 0 Å². The minimum Gasteiger partial charge on any atom is -0.384 e. The lowest BCUT2D eigenvalue weighted by atomic mass is 10.2. The molecule has 0 aliphatic heterocycles. The molecule has 3 nitrogen and oxygen atoms in total. The normalized spacial score (nSPS) is 15.5. The van der Waals surface area contributed by atoms with Crippen LogP contribution in [0.1, 0.15) is 24.5 Å². The van der Waals surface area contributed by atoms with Crippen LogP contribution in [-0.2, 0) is 0 Å². The third kappa shape index (κ3) is 1.72. The van der Waals surface area contributed by atoms with Crippen molar-refractivity contribution in [2.45, 2.75) is 18.8 Å². The number of anilines is 1. The Bertz CT molecular complexity index is 475. The molecular weight excluding hydrogens is 206 g/mol. The van der Waals surface area contributed by atoms with Crippen molar-refractivity contribution in [3.63, 3.8) is 0 Å². The molecule has 2 aromatic heterocycles. The van der Waals surface area contributed by atoms with Crippen LogP contribution in [-0.4, -0.2) is 9.97 Å². The van der Waals surface area contributed by atoms with Gasteiger partial charge in [-0.2, -0.15) is 11.3 Å². The van der Waals surface area contributed by atoms with Crippen LogP contribution in [0.25, 0.3) is 11.4 Å². The highest BCUT2D eigenvalue weighted by atomic mass is 32.1. The van der Waals surface area contributed by atoms with Gasteiger partial charge in [0, 0.05) is 28.6 Å². The van der Waals surface area contributed by atoms with Crippen molar-refractivity contribution in [2.75, 3.05) is 5.73 Å². The summed E-state index contributed by atoms with van der Waals surface area (Å²) in [6.07, 6.45) is 2.47. The molecule has 0 aromatic carbocycles. The van der Waals surface area contributed by atoms with Crippen LogP contribution in [0.4, 0.5) is 5.82 Å². The van der Waals surface area contributed by atoms with E-state index >= 15 is 0 Å². The van der Waals surface area contributed by atoms with E-state index in [0.717, 1.165) is 17.1 Å². The molecule has 1 saturated carbocycles. The van der Waals surface area contributed by atoms with Gasteiger partial charge < -0.3 is 5.73 Å². The zero-order chi connectivity index (χ0) is 10.3. The van der Waals surface area contributed by atoms with E-state index in [1.54, 1.807) is 11.3 Å². The Morgan fingerprint density at radius 1 is 1.33 bits per heavy atom. The molecule has 1 fully saturated rings. The Morgan fingerprint density at radius 3 is 2.87 bits per heavy atom. The monoisotopic (exact) mass is 217 g/mol. The van der Waals surface area contributed by atoms with Crippen molar-refractivity contribution < 1.29 is 0 Å². The van der Waals surface area contributed by atoms with E-state index in [4.69, 9.17) is 5.73 Å². The van der Waals surface area contributed by atoms with Gasteiger partial charge >= 0.3 is 0 Å². The van der Waals surface area contributed by atoms with Crippen LogP contribution < -0.4 is 5.73 Å². The first-order valence-corrected chi connectivity index (χ1v) is 5.94. The van der Waals surface area contributed by atoms with Gasteiger partial charge in [0.05, 0.1) is 0 Å². The van der Waals surface area contributed by atoms with Crippen LogP contribution in [0.5, 0.6) is 0 Å². The molecule has 76 valence electrons. The fraction of sp³-hybridized carbons (Fsp3) is 0.273. The molecule has 2 heterocycles. The van der Waals surface area contributed by atoms with E-state index in [0.29, 0.717) is 11.7 Å². The van der Waals surface area contributed by atoms with E-state index in [-0.39, 0.29) is 0 Å². The molecule has 0 atom stereocenters. The molecule has 1 aliphatic carbocycles. The maximum atomic E-state index is 5.78. The summed E-state index contributed by atoms with van der Waals surface area (Å²) in [5.41, 5.74) is 7.95. The predicted molar refractivity (Wildman–Crippen MR) is 61.7 cm³/mol. The molecule has 0 amide bonds. The first-order chi connectivity index (χ1) is 7.33. The van der Waals surface area contributed by atoms with E-state index in [2.05, 4.69) is 9.97 Å². The molecule has 0 spiro atoms. The molecular formula is C11H11N3S. The molecule has 4 heteroatoms. The third-order valence-electron chi connectivity index (χ3n) is 2.54. The van der Waals surface area contributed by atoms with E-state index in [9.17, 15) is 0 Å². The van der Waals surface area contributed by atoms with E-state index in [1.807, 2.05) is 22.9 Å². The number of thiophene rings is 1. The van der Waals surface area contributed by atoms with Gasteiger partial charge in [0.2, 0.25) is 0 Å². The van der Waals surface area contributed by atoms with Gasteiger partial charge in [-0.15, -0.1) is 0 Å². The Kier molecular flexibility index (Phi) is 1.95. The second kappa shape index (κ2) is 3.31. The molecule has 15 heavy (non-hydrogen) atoms. The second-order valence-corrected chi connectivity index (χ2v) is 4.61. The number of nitrogens with zero attached hydrogens (tertiary/aromatic N) is 2. The quantitative estimate of drug-likeness (QED) is 0.841. The summed E-state index contributed by atoms with van der Waals surface area (Å²) in [6, 6.07) is 3.92. The van der Waals surface area contributed by atoms with Gasteiger partial charge in [0.1, 0.15) is 5.82 Å². The second-order valence-electron chi connectivity index (χ2n) is 3.83. The van der Waals surface area contributed by atoms with Crippen molar-refractivity contribution in [1.29, 1.82) is 0 Å². The van der Waals surface area contributed by atoms with Gasteiger partial charge in [-0.05, 0) is 24.3 Å². The first kappa shape index (κ1) is 8.85. The molecule has 3 rings (SSSR count). The Labute approximate surface area is 92.0 Å². The SMILES string of the molecule is Nc1cc(C2CC2)nc(-c2ccsc2)n1. The maximum absolute atomic E-state index is 5.78. The summed E-state index contributed by atoms with van der Waals surface area (Å²) in [4.78, 5) is 8.81. The number of nitrogen functional groups attached to an aromatic ring is 1. The minimum atomic E-state index is 0.577. The molecule has 0 unspecified atom stereocenters. The van der Waals surface area contributed by atoms with Gasteiger partial charge in [-0.25, -0.2) is 9.97 Å². The van der Waals surface area contributed by atoms with Gasteiger partial charge in [0.15, 0.2) is 5.82 Å². The fourth-order valence-electron chi connectivity index (χ4n) is 1.59. The zero-order valence-electron chi connectivity index (χ0n) is 8.18. The lowest BCUT2D eigenvalue weighted by Crippen LogP contribution is -1.98. The number of aromatic nitrogens is 2. The summed E-state index contributed by atoms with van der Waals surface area (Å²) < 4.78 is 0. The fourth-order valence-corrected chi connectivity index (χ4v) is 2.23. The topological polar surface area (TPSA) is 51.8 Å². The maximum Gasteiger partial charge on any atom is 0.162 e. The Balaban J connectivity index is 2.07. The minimum absolute atomic E-state index is 0.577. The standard InChI is InChI=1S/C11H11N3S/c12-10-5-9(7-1-2-7)13-11(14-10)8-3-4-15-6-8/h3-7H,1-2H2,(H2,12,13,14). The van der Waals surface area contributed by atoms with Crippen LogP contribution >= 0.6 is 11.3 Å². The predicted octanol–water partition coefficient (Wildman–Crippen LogP) is 2.66. The number of hydrogen-bond acceptors (Lipinski definition) is 4.